The summed E-state index contributed by atoms with van der Waals surface area (Å²) in [6, 6.07) is 0.376. The molecule has 0 aromatic carbocycles. The minimum Gasteiger partial charge on any atom is -0.447 e. The first-order chi connectivity index (χ1) is 12.1. The molecule has 3 atom stereocenters. The molecule has 0 N–H and O–H groups in total. The van der Waals surface area contributed by atoms with Gasteiger partial charge in [-0.05, 0) is 50.4 Å². The van der Waals surface area contributed by atoms with E-state index in [4.69, 9.17) is 9.47 Å². The number of carbonyl (C=O) groups is 2. The fourth-order valence-electron chi connectivity index (χ4n) is 4.37. The molecule has 0 aromatic heterocycles. The average molecular weight is 352 g/mol. The second-order valence-corrected chi connectivity index (χ2v) is 7.85. The molecule has 0 aromatic rings. The SMILES string of the molecule is COCCOC(=O)N1CCC(C2CCCCN2C(=O)C2CC2C)CC1. The molecular formula is C19H32N2O4. The summed E-state index contributed by atoms with van der Waals surface area (Å²) in [5.74, 6) is 1.75. The minimum absolute atomic E-state index is 0.237. The quantitative estimate of drug-likeness (QED) is 0.714. The van der Waals surface area contributed by atoms with Gasteiger partial charge in [-0.3, -0.25) is 4.79 Å². The highest BCUT2D eigenvalue weighted by Crippen LogP contribution is 2.41. The van der Waals surface area contributed by atoms with Gasteiger partial charge in [-0.15, -0.1) is 0 Å². The third-order valence-corrected chi connectivity index (χ3v) is 6.11. The van der Waals surface area contributed by atoms with Crippen LogP contribution in [0.4, 0.5) is 4.79 Å². The third kappa shape index (κ3) is 4.46. The van der Waals surface area contributed by atoms with Crippen molar-refractivity contribution >= 4 is 12.0 Å². The van der Waals surface area contributed by atoms with Crippen LogP contribution in [0.1, 0.15) is 45.4 Å². The molecule has 2 aliphatic heterocycles. The molecule has 1 saturated carbocycles. The van der Waals surface area contributed by atoms with Gasteiger partial charge in [0.1, 0.15) is 6.61 Å². The number of amides is 2. The van der Waals surface area contributed by atoms with Crippen molar-refractivity contribution in [1.82, 2.24) is 9.80 Å². The van der Waals surface area contributed by atoms with Gasteiger partial charge in [0.25, 0.3) is 0 Å². The van der Waals surface area contributed by atoms with Gasteiger partial charge in [-0.1, -0.05) is 6.92 Å². The van der Waals surface area contributed by atoms with Gasteiger partial charge in [0.05, 0.1) is 6.61 Å². The van der Waals surface area contributed by atoms with Crippen molar-refractivity contribution in [2.75, 3.05) is 40.0 Å². The average Bonchev–Trinajstić information content (AvgIpc) is 3.38. The highest BCUT2D eigenvalue weighted by atomic mass is 16.6. The van der Waals surface area contributed by atoms with E-state index in [0.29, 0.717) is 37.0 Å². The first-order valence-corrected chi connectivity index (χ1v) is 9.83. The van der Waals surface area contributed by atoms with E-state index in [-0.39, 0.29) is 12.0 Å². The van der Waals surface area contributed by atoms with Crippen LogP contribution < -0.4 is 0 Å². The Bertz CT molecular complexity index is 476. The number of methoxy groups -OCH3 is 1. The summed E-state index contributed by atoms with van der Waals surface area (Å²) in [4.78, 5) is 28.8. The fraction of sp³-hybridized carbons (Fsp3) is 0.895. The van der Waals surface area contributed by atoms with E-state index in [0.717, 1.165) is 51.7 Å². The Balaban J connectivity index is 1.50. The molecule has 3 fully saturated rings. The molecule has 0 spiro atoms. The summed E-state index contributed by atoms with van der Waals surface area (Å²) in [5.41, 5.74) is 0. The number of ether oxygens (including phenoxy) is 2. The molecule has 0 bridgehead atoms. The van der Waals surface area contributed by atoms with Crippen molar-refractivity contribution in [2.45, 2.75) is 51.5 Å². The first kappa shape index (κ1) is 18.5. The van der Waals surface area contributed by atoms with E-state index >= 15 is 0 Å². The Morgan fingerprint density at radius 2 is 1.76 bits per heavy atom. The summed E-state index contributed by atoms with van der Waals surface area (Å²) >= 11 is 0. The fourth-order valence-corrected chi connectivity index (χ4v) is 4.37. The molecule has 25 heavy (non-hydrogen) atoms. The van der Waals surface area contributed by atoms with Gasteiger partial charge in [-0.25, -0.2) is 4.79 Å². The van der Waals surface area contributed by atoms with Crippen LogP contribution in [-0.4, -0.2) is 67.8 Å². The van der Waals surface area contributed by atoms with Crippen molar-refractivity contribution in [2.24, 2.45) is 17.8 Å². The van der Waals surface area contributed by atoms with Crippen LogP contribution in [0, 0.1) is 17.8 Å². The zero-order chi connectivity index (χ0) is 17.8. The number of hydrogen-bond acceptors (Lipinski definition) is 4. The second-order valence-electron chi connectivity index (χ2n) is 7.85. The van der Waals surface area contributed by atoms with Crippen LogP contribution in [0.2, 0.25) is 0 Å². The zero-order valence-corrected chi connectivity index (χ0v) is 15.6. The maximum atomic E-state index is 12.8. The smallest absolute Gasteiger partial charge is 0.409 e. The summed E-state index contributed by atoms with van der Waals surface area (Å²) in [5, 5.41) is 0. The lowest BCUT2D eigenvalue weighted by atomic mass is 9.83. The van der Waals surface area contributed by atoms with Gasteiger partial charge in [0.2, 0.25) is 5.91 Å². The lowest BCUT2D eigenvalue weighted by molar-refractivity contribution is -0.138. The Kier molecular flexibility index (Phi) is 6.20. The van der Waals surface area contributed by atoms with Gasteiger partial charge >= 0.3 is 6.09 Å². The van der Waals surface area contributed by atoms with Crippen molar-refractivity contribution in [3.8, 4) is 0 Å². The van der Waals surface area contributed by atoms with E-state index < -0.39 is 0 Å². The van der Waals surface area contributed by atoms with E-state index in [1.165, 1.54) is 6.42 Å². The van der Waals surface area contributed by atoms with E-state index in [1.54, 1.807) is 12.0 Å². The Morgan fingerprint density at radius 1 is 1.04 bits per heavy atom. The molecule has 6 heteroatoms. The maximum Gasteiger partial charge on any atom is 0.409 e. The zero-order valence-electron chi connectivity index (χ0n) is 15.6. The lowest BCUT2D eigenvalue weighted by Gasteiger charge is -2.43. The molecule has 3 aliphatic rings. The van der Waals surface area contributed by atoms with Gasteiger partial charge in [0, 0.05) is 38.7 Å². The molecule has 3 rings (SSSR count). The lowest BCUT2D eigenvalue weighted by Crippen LogP contribution is -2.51. The normalized spacial score (nSPS) is 30.2. The predicted octanol–water partition coefficient (Wildman–Crippen LogP) is 2.52. The number of hydrogen-bond donors (Lipinski definition) is 0. The Labute approximate surface area is 150 Å². The molecule has 3 unspecified atom stereocenters. The highest BCUT2D eigenvalue weighted by molar-refractivity contribution is 5.82. The maximum absolute atomic E-state index is 12.8. The summed E-state index contributed by atoms with van der Waals surface area (Å²) in [7, 11) is 1.60. The summed E-state index contributed by atoms with van der Waals surface area (Å²) < 4.78 is 10.1. The molecule has 142 valence electrons. The van der Waals surface area contributed by atoms with Crippen LogP contribution in [-0.2, 0) is 14.3 Å². The molecule has 0 radical (unpaired) electrons. The van der Waals surface area contributed by atoms with Crippen molar-refractivity contribution in [3.63, 3.8) is 0 Å². The van der Waals surface area contributed by atoms with Gasteiger partial charge < -0.3 is 19.3 Å². The standard InChI is InChI=1S/C19H32N2O4/c1-14-13-16(14)18(22)21-8-4-3-5-17(21)15-6-9-20(10-7-15)19(23)25-12-11-24-2/h14-17H,3-13H2,1-2H3. The molecule has 2 heterocycles. The number of nitrogens with zero attached hydrogens (tertiary/aromatic N) is 2. The van der Waals surface area contributed by atoms with E-state index in [2.05, 4.69) is 11.8 Å². The first-order valence-electron chi connectivity index (χ1n) is 9.83. The Hall–Kier alpha value is -1.30. The van der Waals surface area contributed by atoms with Crippen LogP contribution in [0.25, 0.3) is 0 Å². The van der Waals surface area contributed by atoms with Crippen molar-refractivity contribution in [3.05, 3.63) is 0 Å². The molecule has 2 amide bonds. The molecule has 2 saturated heterocycles. The van der Waals surface area contributed by atoms with Crippen LogP contribution >= 0.6 is 0 Å². The number of rotatable bonds is 5. The number of piperidine rings is 2. The van der Waals surface area contributed by atoms with Crippen LogP contribution in [0.5, 0.6) is 0 Å². The van der Waals surface area contributed by atoms with Crippen molar-refractivity contribution in [1.29, 1.82) is 0 Å². The monoisotopic (exact) mass is 352 g/mol. The van der Waals surface area contributed by atoms with E-state index in [1.807, 2.05) is 0 Å². The van der Waals surface area contributed by atoms with Gasteiger partial charge in [0.15, 0.2) is 0 Å². The third-order valence-electron chi connectivity index (χ3n) is 6.11. The number of carbonyl (C=O) groups excluding carboxylic acids is 2. The van der Waals surface area contributed by atoms with Gasteiger partial charge in [-0.2, -0.15) is 0 Å². The largest absolute Gasteiger partial charge is 0.447 e. The molecular weight excluding hydrogens is 320 g/mol. The molecule has 1 aliphatic carbocycles. The van der Waals surface area contributed by atoms with Crippen LogP contribution in [0.3, 0.4) is 0 Å². The predicted molar refractivity (Wildman–Crippen MR) is 94.1 cm³/mol. The Morgan fingerprint density at radius 3 is 2.40 bits per heavy atom. The highest BCUT2D eigenvalue weighted by Gasteiger charge is 2.45. The second kappa shape index (κ2) is 8.39. The molecule has 6 nitrogen and oxygen atoms in total. The topological polar surface area (TPSA) is 59.1 Å². The summed E-state index contributed by atoms with van der Waals surface area (Å²) in [6.45, 7) is 5.30. The van der Waals surface area contributed by atoms with Crippen LogP contribution in [0.15, 0.2) is 0 Å². The summed E-state index contributed by atoms with van der Waals surface area (Å²) in [6.07, 6.45) is 6.23. The van der Waals surface area contributed by atoms with Crippen molar-refractivity contribution < 1.29 is 19.1 Å². The minimum atomic E-state index is -0.237. The van der Waals surface area contributed by atoms with E-state index in [9.17, 15) is 9.59 Å². The number of likely N-dealkylation sites (tertiary alicyclic amines) is 2.